The van der Waals surface area contributed by atoms with Gasteiger partial charge in [0, 0.05) is 33.1 Å². The zero-order chi connectivity index (χ0) is 38.6. The number of fused-ring (bicyclic) bond motifs is 10. The van der Waals surface area contributed by atoms with Crippen LogP contribution in [0.5, 0.6) is 0 Å². The first kappa shape index (κ1) is 34.1. The molecule has 2 aliphatic carbocycles. The molecule has 7 aromatic carbocycles. The van der Waals surface area contributed by atoms with Crippen LogP contribution in [0.15, 0.2) is 210 Å². The molecule has 0 saturated carbocycles. The highest BCUT2D eigenvalue weighted by Gasteiger charge is 2.47. The Morgan fingerprint density at radius 3 is 2.07 bits per heavy atom. The minimum absolute atomic E-state index is 0.558. The molecular weight excluding hydrogens is 703 g/mol. The molecule has 276 valence electrons. The number of hydrogen-bond donors (Lipinski definition) is 0. The van der Waals surface area contributed by atoms with Crippen molar-refractivity contribution in [1.29, 1.82) is 0 Å². The van der Waals surface area contributed by atoms with E-state index < -0.39 is 5.41 Å². The number of furan rings is 1. The molecule has 9 aromatic rings. The van der Waals surface area contributed by atoms with Crippen LogP contribution in [-0.4, -0.2) is 4.57 Å². The molecule has 2 heterocycles. The van der Waals surface area contributed by atoms with E-state index in [1.54, 1.807) is 0 Å². The molecule has 58 heavy (non-hydrogen) atoms. The van der Waals surface area contributed by atoms with E-state index in [0.29, 0.717) is 0 Å². The molecule has 0 bridgehead atoms. The van der Waals surface area contributed by atoms with Crippen LogP contribution < -0.4 is 0 Å². The number of hydrogen-bond acceptors (Lipinski definition) is 1. The van der Waals surface area contributed by atoms with Gasteiger partial charge in [-0.25, -0.2) is 0 Å². The van der Waals surface area contributed by atoms with Gasteiger partial charge in [-0.1, -0.05) is 164 Å². The average Bonchev–Trinajstić information content (AvgIpc) is 3.92. The second-order valence-corrected chi connectivity index (χ2v) is 15.5. The summed E-state index contributed by atoms with van der Waals surface area (Å²) in [5.41, 5.74) is 17.7. The third-order valence-corrected chi connectivity index (χ3v) is 12.3. The summed E-state index contributed by atoms with van der Waals surface area (Å²) in [5, 5.41) is 3.61. The molecule has 0 atom stereocenters. The summed E-state index contributed by atoms with van der Waals surface area (Å²) >= 11 is 0. The number of aromatic nitrogens is 1. The van der Waals surface area contributed by atoms with Crippen molar-refractivity contribution in [3.63, 3.8) is 0 Å². The molecule has 0 saturated heterocycles. The Kier molecular flexibility index (Phi) is 8.11. The first-order chi connectivity index (χ1) is 28.7. The first-order valence-corrected chi connectivity index (χ1v) is 20.3. The smallest absolute Gasteiger partial charge is 0.136 e. The van der Waals surface area contributed by atoms with Crippen molar-refractivity contribution < 1.29 is 4.42 Å². The van der Waals surface area contributed by atoms with E-state index in [0.717, 1.165) is 29.4 Å². The monoisotopic (exact) mass is 743 g/mol. The van der Waals surface area contributed by atoms with Gasteiger partial charge in [0.05, 0.1) is 10.9 Å². The van der Waals surface area contributed by atoms with E-state index in [1.807, 2.05) is 6.92 Å². The Morgan fingerprint density at radius 2 is 1.29 bits per heavy atom. The first-order valence-electron chi connectivity index (χ1n) is 20.3. The highest BCUT2D eigenvalue weighted by atomic mass is 16.3. The predicted molar refractivity (Wildman–Crippen MR) is 243 cm³/mol. The maximum Gasteiger partial charge on any atom is 0.136 e. The Hall–Kier alpha value is -7.16. The van der Waals surface area contributed by atoms with Crippen LogP contribution in [0.2, 0.25) is 0 Å². The lowest BCUT2D eigenvalue weighted by molar-refractivity contribution is 0.668. The summed E-state index contributed by atoms with van der Waals surface area (Å²) < 4.78 is 9.09. The highest BCUT2D eigenvalue weighted by Crippen LogP contribution is 2.59. The fourth-order valence-corrected chi connectivity index (χ4v) is 9.87. The minimum Gasteiger partial charge on any atom is -0.456 e. The Morgan fingerprint density at radius 1 is 0.569 bits per heavy atom. The lowest BCUT2D eigenvalue weighted by Gasteiger charge is -2.34. The zero-order valence-electron chi connectivity index (χ0n) is 32.4. The molecule has 0 amide bonds. The van der Waals surface area contributed by atoms with E-state index in [1.165, 1.54) is 83.3 Å². The van der Waals surface area contributed by atoms with Crippen LogP contribution in [0.1, 0.15) is 46.9 Å². The normalized spacial score (nSPS) is 14.5. The zero-order valence-corrected chi connectivity index (χ0v) is 32.4. The van der Waals surface area contributed by atoms with Gasteiger partial charge >= 0.3 is 0 Å². The van der Waals surface area contributed by atoms with Gasteiger partial charge in [0.1, 0.15) is 11.2 Å². The summed E-state index contributed by atoms with van der Waals surface area (Å²) in [6.45, 7) is 2.04. The molecule has 0 aliphatic heterocycles. The molecule has 2 heteroatoms. The molecule has 2 aliphatic rings. The highest BCUT2D eigenvalue weighted by molar-refractivity contribution is 6.15. The van der Waals surface area contributed by atoms with Gasteiger partial charge in [0.25, 0.3) is 0 Å². The lowest BCUT2D eigenvalue weighted by atomic mass is 9.67. The number of allylic oxidation sites excluding steroid dienone is 7. The van der Waals surface area contributed by atoms with Crippen molar-refractivity contribution >= 4 is 38.9 Å². The topological polar surface area (TPSA) is 18.1 Å². The Bertz CT molecular complexity index is 3110. The van der Waals surface area contributed by atoms with Crippen molar-refractivity contribution in [3.8, 4) is 27.9 Å². The van der Waals surface area contributed by atoms with Crippen LogP contribution in [0, 0.1) is 0 Å². The average molecular weight is 744 g/mol. The van der Waals surface area contributed by atoms with Gasteiger partial charge < -0.3 is 8.98 Å². The Labute approximate surface area is 339 Å². The largest absolute Gasteiger partial charge is 0.456 e. The van der Waals surface area contributed by atoms with Gasteiger partial charge in [-0.05, 0) is 112 Å². The summed E-state index contributed by atoms with van der Waals surface area (Å²) in [6, 6.07) is 60.2. The molecule has 0 N–H and O–H groups in total. The quantitative estimate of drug-likeness (QED) is 0.149. The number of benzene rings is 7. The minimum atomic E-state index is -0.558. The molecule has 2 aromatic heterocycles. The molecular formula is C56H41NO. The number of nitrogens with zero attached hydrogens (tertiary/aromatic N) is 1. The molecule has 0 unspecified atom stereocenters. The fourth-order valence-electron chi connectivity index (χ4n) is 9.87. The predicted octanol–water partition coefficient (Wildman–Crippen LogP) is 14.6. The summed E-state index contributed by atoms with van der Waals surface area (Å²) in [4.78, 5) is 0. The van der Waals surface area contributed by atoms with Crippen LogP contribution in [0.3, 0.4) is 0 Å². The third kappa shape index (κ3) is 5.18. The molecule has 2 nitrogen and oxygen atoms in total. The second kappa shape index (κ2) is 13.8. The summed E-state index contributed by atoms with van der Waals surface area (Å²) in [6.07, 6.45) is 17.1. The summed E-state index contributed by atoms with van der Waals surface area (Å²) in [5.74, 6) is 0. The van der Waals surface area contributed by atoms with Gasteiger partial charge in [0.15, 0.2) is 0 Å². The number of rotatable bonds is 7. The van der Waals surface area contributed by atoms with E-state index in [-0.39, 0.29) is 0 Å². The van der Waals surface area contributed by atoms with E-state index >= 15 is 0 Å². The molecule has 0 radical (unpaired) electrons. The maximum absolute atomic E-state index is 6.54. The van der Waals surface area contributed by atoms with Gasteiger partial charge in [-0.2, -0.15) is 0 Å². The second-order valence-electron chi connectivity index (χ2n) is 15.5. The molecule has 0 fully saturated rings. The van der Waals surface area contributed by atoms with Crippen LogP contribution in [0.25, 0.3) is 66.9 Å². The number of para-hydroxylation sites is 1. The van der Waals surface area contributed by atoms with E-state index in [9.17, 15) is 0 Å². The van der Waals surface area contributed by atoms with Crippen molar-refractivity contribution in [3.05, 3.63) is 239 Å². The lowest BCUT2D eigenvalue weighted by Crippen LogP contribution is -2.28. The SMILES string of the molecule is C\C=C/C=C\C=C\C1=Cc2c(n(-c3ccc4c(c3)C(c3ccccc3)(c3ccccc3)c3ccc5oc6ccccc6c5c3-4)c3ccc(-c4ccccc4)cc23)CC1. The standard InChI is InChI=1S/C56H41NO/c1-2-3-4-5-9-18-38-27-32-50-46(35-38)47-36-40(39-19-10-6-11-20-39)28-33-51(47)57(50)43-29-30-44-49(37-43)56(41-21-12-7-13-22-41,42-23-14-8-15-24-42)48-31-34-53-55(54(44)48)45-25-16-17-26-52(45)58-53/h2-26,28-31,33-37H,27,32H2,1H3/b3-2-,5-4-,18-9+. The van der Waals surface area contributed by atoms with Crippen molar-refractivity contribution in [2.24, 2.45) is 0 Å². The summed E-state index contributed by atoms with van der Waals surface area (Å²) in [7, 11) is 0. The Balaban J connectivity index is 1.20. The van der Waals surface area contributed by atoms with Crippen molar-refractivity contribution in [1.82, 2.24) is 4.57 Å². The fraction of sp³-hybridized carbons (Fsp3) is 0.0714. The van der Waals surface area contributed by atoms with Gasteiger partial charge in [-0.3, -0.25) is 0 Å². The van der Waals surface area contributed by atoms with Gasteiger partial charge in [0.2, 0.25) is 0 Å². The van der Waals surface area contributed by atoms with Crippen molar-refractivity contribution in [2.75, 3.05) is 0 Å². The maximum atomic E-state index is 6.54. The van der Waals surface area contributed by atoms with Crippen molar-refractivity contribution in [2.45, 2.75) is 25.2 Å². The van der Waals surface area contributed by atoms with Crippen LogP contribution in [0.4, 0.5) is 0 Å². The molecule has 0 spiro atoms. The van der Waals surface area contributed by atoms with Gasteiger partial charge in [-0.15, -0.1) is 0 Å². The third-order valence-electron chi connectivity index (χ3n) is 12.3. The van der Waals surface area contributed by atoms with E-state index in [4.69, 9.17) is 4.42 Å². The molecule has 11 rings (SSSR count). The van der Waals surface area contributed by atoms with Crippen LogP contribution in [-0.2, 0) is 11.8 Å². The van der Waals surface area contributed by atoms with E-state index in [2.05, 4.69) is 211 Å². The van der Waals surface area contributed by atoms with Crippen LogP contribution >= 0.6 is 0 Å².